The molecule has 0 aliphatic carbocycles. The van der Waals surface area contributed by atoms with Gasteiger partial charge in [-0.1, -0.05) is 45.0 Å². The Balaban J connectivity index is 2.13. The van der Waals surface area contributed by atoms with Gasteiger partial charge in [-0.3, -0.25) is 0 Å². The molecule has 0 spiro atoms. The molecule has 0 fully saturated rings. The van der Waals surface area contributed by atoms with Gasteiger partial charge < -0.3 is 9.72 Å². The van der Waals surface area contributed by atoms with Crippen molar-refractivity contribution in [2.45, 2.75) is 20.8 Å². The maximum atomic E-state index is 6.03. The molecule has 2 aromatic carbocycles. The summed E-state index contributed by atoms with van der Waals surface area (Å²) in [4.78, 5) is 3.44. The molecule has 0 atom stereocenters. The van der Waals surface area contributed by atoms with Crippen molar-refractivity contribution in [3.63, 3.8) is 0 Å². The zero-order valence-corrected chi connectivity index (χ0v) is 11.7. The lowest BCUT2D eigenvalue weighted by atomic mass is 9.98. The molecule has 2 nitrogen and oxygen atoms in total. The molecule has 1 N–H and O–H groups in total. The first-order chi connectivity index (χ1) is 9.04. The van der Waals surface area contributed by atoms with Crippen molar-refractivity contribution in [3.8, 4) is 5.75 Å². The quantitative estimate of drug-likeness (QED) is 0.700. The Morgan fingerprint density at radius 1 is 0.947 bits per heavy atom. The predicted octanol–water partition coefficient (Wildman–Crippen LogP) is 4.75. The number of aromatic amines is 1. The van der Waals surface area contributed by atoms with Gasteiger partial charge in [0.2, 0.25) is 0 Å². The highest BCUT2D eigenvalue weighted by Gasteiger charge is 2.14. The van der Waals surface area contributed by atoms with Gasteiger partial charge in [0.15, 0.2) is 0 Å². The van der Waals surface area contributed by atoms with Crippen LogP contribution < -0.4 is 4.74 Å². The summed E-state index contributed by atoms with van der Waals surface area (Å²) in [5.41, 5.74) is 2.45. The zero-order chi connectivity index (χ0) is 13.5. The minimum atomic E-state index is 0.161. The van der Waals surface area contributed by atoms with Crippen LogP contribution in [0.15, 0.2) is 42.5 Å². The molecule has 0 amide bonds. The SMILES string of the molecule is CC(C)(C)COc1cccc2[nH]c3ccccc3c12. The monoisotopic (exact) mass is 253 g/mol. The van der Waals surface area contributed by atoms with Gasteiger partial charge in [-0.15, -0.1) is 0 Å². The predicted molar refractivity (Wildman–Crippen MR) is 80.8 cm³/mol. The van der Waals surface area contributed by atoms with Crippen molar-refractivity contribution < 1.29 is 4.74 Å². The third-order valence-corrected chi connectivity index (χ3v) is 3.15. The number of hydrogen-bond acceptors (Lipinski definition) is 1. The second kappa shape index (κ2) is 4.30. The average molecular weight is 253 g/mol. The van der Waals surface area contributed by atoms with Crippen LogP contribution in [0.4, 0.5) is 0 Å². The molecule has 0 unspecified atom stereocenters. The van der Waals surface area contributed by atoms with Gasteiger partial charge >= 0.3 is 0 Å². The third kappa shape index (κ3) is 2.30. The van der Waals surface area contributed by atoms with E-state index >= 15 is 0 Å². The highest BCUT2D eigenvalue weighted by Crippen LogP contribution is 2.33. The molecule has 0 saturated carbocycles. The fourth-order valence-electron chi connectivity index (χ4n) is 2.28. The number of para-hydroxylation sites is 1. The summed E-state index contributed by atoms with van der Waals surface area (Å²) in [5, 5.41) is 2.41. The van der Waals surface area contributed by atoms with Crippen LogP contribution >= 0.6 is 0 Å². The first-order valence-electron chi connectivity index (χ1n) is 6.67. The first-order valence-corrected chi connectivity index (χ1v) is 6.67. The van der Waals surface area contributed by atoms with Gasteiger partial charge in [0, 0.05) is 16.3 Å². The fraction of sp³-hybridized carbons (Fsp3) is 0.294. The number of H-pyrrole nitrogens is 1. The molecule has 19 heavy (non-hydrogen) atoms. The lowest BCUT2D eigenvalue weighted by Crippen LogP contribution is -2.16. The molecule has 0 bridgehead atoms. The van der Waals surface area contributed by atoms with E-state index in [-0.39, 0.29) is 5.41 Å². The summed E-state index contributed by atoms with van der Waals surface area (Å²) in [7, 11) is 0. The van der Waals surface area contributed by atoms with Crippen LogP contribution in [0.25, 0.3) is 21.8 Å². The molecule has 98 valence electrons. The second-order valence-electron chi connectivity index (χ2n) is 6.20. The summed E-state index contributed by atoms with van der Waals surface area (Å²) in [5.74, 6) is 0.963. The van der Waals surface area contributed by atoms with Crippen LogP contribution in [-0.2, 0) is 0 Å². The van der Waals surface area contributed by atoms with E-state index in [0.29, 0.717) is 6.61 Å². The highest BCUT2D eigenvalue weighted by atomic mass is 16.5. The van der Waals surface area contributed by atoms with Crippen molar-refractivity contribution >= 4 is 21.8 Å². The van der Waals surface area contributed by atoms with Gasteiger partial charge in [-0.2, -0.15) is 0 Å². The van der Waals surface area contributed by atoms with E-state index in [1.807, 2.05) is 18.2 Å². The third-order valence-electron chi connectivity index (χ3n) is 3.15. The number of ether oxygens (including phenoxy) is 1. The molecule has 1 aromatic heterocycles. The summed E-state index contributed by atoms with van der Waals surface area (Å²) in [6.07, 6.45) is 0. The van der Waals surface area contributed by atoms with Crippen molar-refractivity contribution in [1.82, 2.24) is 4.98 Å². The molecule has 3 aromatic rings. The van der Waals surface area contributed by atoms with Crippen molar-refractivity contribution in [2.24, 2.45) is 5.41 Å². The van der Waals surface area contributed by atoms with Crippen LogP contribution in [0.5, 0.6) is 5.75 Å². The number of rotatable bonds is 2. The van der Waals surface area contributed by atoms with E-state index in [9.17, 15) is 0 Å². The Labute approximate surface area is 113 Å². The van der Waals surface area contributed by atoms with Crippen LogP contribution in [0.1, 0.15) is 20.8 Å². The molecule has 1 heterocycles. The maximum absolute atomic E-state index is 6.03. The zero-order valence-electron chi connectivity index (χ0n) is 11.7. The summed E-state index contributed by atoms with van der Waals surface area (Å²) >= 11 is 0. The minimum absolute atomic E-state index is 0.161. The Morgan fingerprint density at radius 3 is 2.47 bits per heavy atom. The smallest absolute Gasteiger partial charge is 0.129 e. The Hall–Kier alpha value is -1.96. The Morgan fingerprint density at radius 2 is 1.68 bits per heavy atom. The summed E-state index contributed by atoms with van der Waals surface area (Å²) < 4.78 is 6.03. The molecule has 0 aliphatic rings. The van der Waals surface area contributed by atoms with Crippen molar-refractivity contribution in [3.05, 3.63) is 42.5 Å². The van der Waals surface area contributed by atoms with Crippen LogP contribution in [0, 0.1) is 5.41 Å². The largest absolute Gasteiger partial charge is 0.492 e. The molecular weight excluding hydrogens is 234 g/mol. The molecule has 0 aliphatic heterocycles. The first kappa shape index (κ1) is 12.1. The van der Waals surface area contributed by atoms with Crippen LogP contribution in [0.2, 0.25) is 0 Å². The van der Waals surface area contributed by atoms with E-state index in [0.717, 1.165) is 16.8 Å². The fourth-order valence-corrected chi connectivity index (χ4v) is 2.28. The van der Waals surface area contributed by atoms with Gasteiger partial charge in [0.05, 0.1) is 12.1 Å². The molecule has 0 saturated heterocycles. The van der Waals surface area contributed by atoms with E-state index in [2.05, 4.69) is 50.0 Å². The lowest BCUT2D eigenvalue weighted by molar-refractivity contribution is 0.200. The molecule has 0 radical (unpaired) electrons. The Bertz CT molecular complexity index is 719. The number of hydrogen-bond donors (Lipinski definition) is 1. The number of aromatic nitrogens is 1. The molecular formula is C17H19NO. The topological polar surface area (TPSA) is 25.0 Å². The molecule has 2 heteroatoms. The van der Waals surface area contributed by atoms with Crippen LogP contribution in [-0.4, -0.2) is 11.6 Å². The van der Waals surface area contributed by atoms with E-state index < -0.39 is 0 Å². The van der Waals surface area contributed by atoms with Crippen molar-refractivity contribution in [2.75, 3.05) is 6.61 Å². The molecule has 3 rings (SSSR count). The van der Waals surface area contributed by atoms with Crippen molar-refractivity contribution in [1.29, 1.82) is 0 Å². The number of nitrogens with one attached hydrogen (secondary N) is 1. The van der Waals surface area contributed by atoms with Gasteiger partial charge in [0.25, 0.3) is 0 Å². The van der Waals surface area contributed by atoms with Crippen LogP contribution in [0.3, 0.4) is 0 Å². The summed E-state index contributed by atoms with van der Waals surface area (Å²) in [6, 6.07) is 14.5. The van der Waals surface area contributed by atoms with Gasteiger partial charge in [-0.05, 0) is 23.6 Å². The average Bonchev–Trinajstić information content (AvgIpc) is 2.74. The second-order valence-corrected chi connectivity index (χ2v) is 6.20. The van der Waals surface area contributed by atoms with Gasteiger partial charge in [0.1, 0.15) is 5.75 Å². The van der Waals surface area contributed by atoms with Gasteiger partial charge in [-0.25, -0.2) is 0 Å². The number of fused-ring (bicyclic) bond motifs is 3. The normalized spacial score (nSPS) is 12.2. The highest BCUT2D eigenvalue weighted by molar-refractivity contribution is 6.10. The standard InChI is InChI=1S/C17H19NO/c1-17(2,3)11-19-15-10-6-9-14-16(15)12-7-4-5-8-13(12)18-14/h4-10,18H,11H2,1-3H3. The summed E-state index contributed by atoms with van der Waals surface area (Å²) in [6.45, 7) is 7.26. The van der Waals surface area contributed by atoms with E-state index in [1.54, 1.807) is 0 Å². The maximum Gasteiger partial charge on any atom is 0.129 e. The number of benzene rings is 2. The lowest BCUT2D eigenvalue weighted by Gasteiger charge is -2.19. The van der Waals surface area contributed by atoms with E-state index in [1.165, 1.54) is 10.8 Å². The Kier molecular flexibility index (Phi) is 2.74. The minimum Gasteiger partial charge on any atom is -0.492 e. The van der Waals surface area contributed by atoms with E-state index in [4.69, 9.17) is 4.74 Å².